The van der Waals surface area contributed by atoms with E-state index in [1.54, 1.807) is 31.5 Å². The minimum atomic E-state index is -0.862. The molecule has 13 heteroatoms. The Morgan fingerprint density at radius 3 is 2.37 bits per heavy atom. The van der Waals surface area contributed by atoms with E-state index in [0.717, 1.165) is 76.2 Å². The van der Waals surface area contributed by atoms with Crippen LogP contribution in [0.25, 0.3) is 11.3 Å². The van der Waals surface area contributed by atoms with Crippen LogP contribution < -0.4 is 15.1 Å². The molecule has 0 bridgehead atoms. The lowest BCUT2D eigenvalue weighted by molar-refractivity contribution is -0.159. The van der Waals surface area contributed by atoms with E-state index in [1.807, 2.05) is 36.2 Å². The second-order valence-corrected chi connectivity index (χ2v) is 15.4. The molecule has 0 radical (unpaired) electrons. The molecule has 54 heavy (non-hydrogen) atoms. The number of aromatic hydroxyl groups is 1. The molecule has 4 saturated heterocycles. The Kier molecular flexibility index (Phi) is 11.4. The van der Waals surface area contributed by atoms with Gasteiger partial charge in [0.15, 0.2) is 0 Å². The van der Waals surface area contributed by atoms with Crippen molar-refractivity contribution in [3.8, 4) is 17.0 Å². The molecular weight excluding hydrogens is 689 g/mol. The van der Waals surface area contributed by atoms with E-state index in [2.05, 4.69) is 30.2 Å². The van der Waals surface area contributed by atoms with Crippen LogP contribution in [0, 0.1) is 11.7 Å². The maximum absolute atomic E-state index is 15.1. The normalized spacial score (nSPS) is 21.6. The number of carbonyl (C=O) groups is 3. The third-order valence-corrected chi connectivity index (χ3v) is 12.4. The number of ether oxygens (including phenoxy) is 1. The first-order valence-electron chi connectivity index (χ1n) is 19.4. The van der Waals surface area contributed by atoms with Crippen molar-refractivity contribution in [1.82, 2.24) is 25.3 Å². The van der Waals surface area contributed by atoms with Gasteiger partial charge in [0.1, 0.15) is 17.2 Å². The summed E-state index contributed by atoms with van der Waals surface area (Å²) in [6, 6.07) is 14.4. The number of hydrogen-bond donors (Lipinski definition) is 2. The average molecular weight is 742 g/mol. The van der Waals surface area contributed by atoms with Crippen LogP contribution in [-0.4, -0.2) is 114 Å². The third kappa shape index (κ3) is 8.07. The SMILES string of the molecule is COC1(C(=O)N(C)C2CCN(CCC3CCN(c4ccc(C5CCC(=O)NC5=O)c(F)c4)CC3)CC2)CCN(c2cnnc(-c3ccccc3O)c2)CC1. The summed E-state index contributed by atoms with van der Waals surface area (Å²) in [7, 11) is 3.58. The lowest BCUT2D eigenvalue weighted by atomic mass is 9.88. The van der Waals surface area contributed by atoms with Gasteiger partial charge in [-0.15, -0.1) is 0 Å². The highest BCUT2D eigenvalue weighted by molar-refractivity contribution is 6.01. The summed E-state index contributed by atoms with van der Waals surface area (Å²) in [6.45, 7) is 5.99. The van der Waals surface area contributed by atoms with Crippen LogP contribution >= 0.6 is 0 Å². The van der Waals surface area contributed by atoms with E-state index in [4.69, 9.17) is 4.74 Å². The second kappa shape index (κ2) is 16.4. The number of carbonyl (C=O) groups excluding carboxylic acids is 3. The van der Waals surface area contributed by atoms with Crippen molar-refractivity contribution in [2.45, 2.75) is 75.3 Å². The van der Waals surface area contributed by atoms with Gasteiger partial charge < -0.3 is 29.4 Å². The highest BCUT2D eigenvalue weighted by atomic mass is 19.1. The Hall–Kier alpha value is -4.62. The summed E-state index contributed by atoms with van der Waals surface area (Å²) in [5.74, 6) is -0.894. The van der Waals surface area contributed by atoms with Crippen molar-refractivity contribution < 1.29 is 28.6 Å². The average Bonchev–Trinajstić information content (AvgIpc) is 3.20. The molecule has 1 atom stereocenters. The van der Waals surface area contributed by atoms with E-state index in [-0.39, 0.29) is 35.8 Å². The van der Waals surface area contributed by atoms with Crippen LogP contribution in [0.15, 0.2) is 54.7 Å². The summed E-state index contributed by atoms with van der Waals surface area (Å²) in [4.78, 5) is 46.7. The number of anilines is 2. The number of piperidine rings is 4. The number of nitrogens with zero attached hydrogens (tertiary/aromatic N) is 6. The molecule has 4 fully saturated rings. The van der Waals surface area contributed by atoms with Gasteiger partial charge in [-0.05, 0) is 81.3 Å². The van der Waals surface area contributed by atoms with Gasteiger partial charge in [0.2, 0.25) is 11.8 Å². The van der Waals surface area contributed by atoms with Crippen LogP contribution in [0.1, 0.15) is 69.3 Å². The highest BCUT2D eigenvalue weighted by Crippen LogP contribution is 2.35. The molecule has 7 rings (SSSR count). The van der Waals surface area contributed by atoms with E-state index in [9.17, 15) is 19.5 Å². The Morgan fingerprint density at radius 2 is 1.69 bits per heavy atom. The smallest absolute Gasteiger partial charge is 0.254 e. The molecule has 0 spiro atoms. The summed E-state index contributed by atoms with van der Waals surface area (Å²) in [5, 5.41) is 21.1. The monoisotopic (exact) mass is 741 g/mol. The van der Waals surface area contributed by atoms with Gasteiger partial charge in [-0.3, -0.25) is 19.7 Å². The molecule has 2 aromatic carbocycles. The van der Waals surface area contributed by atoms with Crippen LogP contribution in [0.2, 0.25) is 0 Å². The van der Waals surface area contributed by atoms with E-state index < -0.39 is 17.4 Å². The number of para-hydroxylation sites is 1. The number of likely N-dealkylation sites (N-methyl/N-ethyl adjacent to an activating group) is 1. The number of hydrogen-bond acceptors (Lipinski definition) is 10. The quantitative estimate of drug-likeness (QED) is 0.282. The number of benzene rings is 2. The zero-order valence-corrected chi connectivity index (χ0v) is 31.4. The molecule has 0 aliphatic carbocycles. The number of aromatic nitrogens is 2. The molecule has 3 aromatic rings. The Morgan fingerprint density at radius 1 is 0.963 bits per heavy atom. The number of phenols is 1. The number of imide groups is 1. The van der Waals surface area contributed by atoms with Crippen LogP contribution in [0.4, 0.5) is 15.8 Å². The molecular formula is C41H52FN7O5. The molecule has 2 N–H and O–H groups in total. The molecule has 5 heterocycles. The van der Waals surface area contributed by atoms with Crippen molar-refractivity contribution in [2.24, 2.45) is 5.92 Å². The van der Waals surface area contributed by atoms with E-state index in [0.29, 0.717) is 55.1 Å². The summed E-state index contributed by atoms with van der Waals surface area (Å²) in [5.41, 5.74) is 2.48. The van der Waals surface area contributed by atoms with Crippen molar-refractivity contribution in [1.29, 1.82) is 0 Å². The molecule has 1 unspecified atom stereocenters. The van der Waals surface area contributed by atoms with E-state index >= 15 is 4.39 Å². The Balaban J connectivity index is 0.842. The van der Waals surface area contributed by atoms with Crippen LogP contribution in [0.3, 0.4) is 0 Å². The Bertz CT molecular complexity index is 1820. The first-order valence-corrected chi connectivity index (χ1v) is 19.4. The predicted octanol–water partition coefficient (Wildman–Crippen LogP) is 4.72. The van der Waals surface area contributed by atoms with Crippen molar-refractivity contribution in [2.75, 3.05) is 69.8 Å². The third-order valence-electron chi connectivity index (χ3n) is 12.4. The van der Waals surface area contributed by atoms with Gasteiger partial charge in [-0.25, -0.2) is 4.39 Å². The van der Waals surface area contributed by atoms with Crippen LogP contribution in [0.5, 0.6) is 5.75 Å². The second-order valence-electron chi connectivity index (χ2n) is 15.4. The molecule has 0 saturated carbocycles. The number of likely N-dealkylation sites (tertiary alicyclic amines) is 1. The lowest BCUT2D eigenvalue weighted by Gasteiger charge is -2.45. The minimum Gasteiger partial charge on any atom is -0.507 e. The summed E-state index contributed by atoms with van der Waals surface area (Å²) in [6.07, 6.45) is 8.53. The molecule has 3 amide bonds. The predicted molar refractivity (Wildman–Crippen MR) is 204 cm³/mol. The number of phenolic OH excluding ortho intramolecular Hbond substituents is 1. The van der Waals surface area contributed by atoms with Gasteiger partial charge in [-0.1, -0.05) is 18.2 Å². The zero-order chi connectivity index (χ0) is 37.8. The van der Waals surface area contributed by atoms with Crippen molar-refractivity contribution >= 4 is 29.1 Å². The van der Waals surface area contributed by atoms with Gasteiger partial charge in [0.05, 0.1) is 23.5 Å². The number of halogens is 1. The number of amides is 3. The number of nitrogens with one attached hydrogen (secondary N) is 1. The fourth-order valence-corrected chi connectivity index (χ4v) is 8.83. The molecule has 12 nitrogen and oxygen atoms in total. The fraction of sp³-hybridized carbons (Fsp3) is 0.537. The standard InChI is InChI=1S/C41H52FN7O5/c1-46(40(53)41(54-2)16-23-49(24-17-41)31-26-36(45-43-27-31)34-5-3-4-6-37(34)50)29-14-19-47(20-15-29)18-11-28-12-21-48(22-13-28)30-7-8-32(35(42)25-30)33-9-10-38(51)44-39(33)52/h3-8,25-29,33,50H,9-24H2,1-2H3,(H,44,51,52). The number of rotatable bonds is 10. The van der Waals surface area contributed by atoms with Gasteiger partial charge in [0.25, 0.3) is 5.91 Å². The van der Waals surface area contributed by atoms with Gasteiger partial charge in [-0.2, -0.15) is 10.2 Å². The molecule has 4 aliphatic heterocycles. The zero-order valence-electron chi connectivity index (χ0n) is 31.4. The van der Waals surface area contributed by atoms with Gasteiger partial charge in [0, 0.05) is 95.5 Å². The summed E-state index contributed by atoms with van der Waals surface area (Å²) >= 11 is 0. The fourth-order valence-electron chi connectivity index (χ4n) is 8.83. The van der Waals surface area contributed by atoms with Gasteiger partial charge >= 0.3 is 0 Å². The maximum atomic E-state index is 15.1. The molecule has 1 aromatic heterocycles. The Labute approximate surface area is 316 Å². The van der Waals surface area contributed by atoms with Crippen LogP contribution in [-0.2, 0) is 19.1 Å². The number of methoxy groups -OCH3 is 1. The maximum Gasteiger partial charge on any atom is 0.254 e. The molecule has 288 valence electrons. The van der Waals surface area contributed by atoms with Crippen molar-refractivity contribution in [3.63, 3.8) is 0 Å². The molecule has 4 aliphatic rings. The highest BCUT2D eigenvalue weighted by Gasteiger charge is 2.45. The summed E-state index contributed by atoms with van der Waals surface area (Å²) < 4.78 is 21.1. The topological polar surface area (TPSA) is 131 Å². The van der Waals surface area contributed by atoms with E-state index in [1.165, 1.54) is 6.07 Å². The lowest BCUT2D eigenvalue weighted by Crippen LogP contribution is -2.58. The van der Waals surface area contributed by atoms with Crippen molar-refractivity contribution in [3.05, 3.63) is 66.1 Å². The first-order chi connectivity index (χ1) is 26.1. The first kappa shape index (κ1) is 37.7. The minimum absolute atomic E-state index is 0.0584. The largest absolute Gasteiger partial charge is 0.507 e.